The molecule has 244 valence electrons. The molecular formula is C50H34N2. The van der Waals surface area contributed by atoms with Gasteiger partial charge in [0.15, 0.2) is 0 Å². The van der Waals surface area contributed by atoms with Gasteiger partial charge in [0.1, 0.15) is 0 Å². The summed E-state index contributed by atoms with van der Waals surface area (Å²) >= 11 is 0. The molecule has 1 atom stereocenters. The number of hydrogen-bond donors (Lipinski definition) is 0. The third kappa shape index (κ3) is 3.95. The second-order valence-electron chi connectivity index (χ2n) is 14.2. The average molecular weight is 663 g/mol. The molecule has 0 saturated carbocycles. The first-order valence-corrected chi connectivity index (χ1v) is 18.1. The lowest BCUT2D eigenvalue weighted by Gasteiger charge is -2.42. The van der Waals surface area contributed by atoms with E-state index in [1.54, 1.807) is 0 Å². The standard InChI is InChI=1S/C50H34N2/c1-50-42-22-10-8-18-39(42)40-21-13-25-47(49(40)50)52(45-31-28-35(32-43(45)50)33-14-4-2-5-15-33)37-29-26-34(27-30-37)38-20-12-24-46-48(38)41-19-9-11-23-44(41)51(46)36-16-6-3-7-17-36/h2-32H,1H3. The van der Waals surface area contributed by atoms with Gasteiger partial charge in [0.2, 0.25) is 0 Å². The molecule has 1 aliphatic heterocycles. The first kappa shape index (κ1) is 29.1. The van der Waals surface area contributed by atoms with Crippen molar-refractivity contribution < 1.29 is 0 Å². The van der Waals surface area contributed by atoms with Crippen molar-refractivity contribution in [1.29, 1.82) is 0 Å². The van der Waals surface area contributed by atoms with E-state index in [1.807, 2.05) is 0 Å². The molecular weight excluding hydrogens is 629 g/mol. The van der Waals surface area contributed by atoms with Gasteiger partial charge in [-0.1, -0.05) is 133 Å². The molecule has 52 heavy (non-hydrogen) atoms. The van der Waals surface area contributed by atoms with Crippen molar-refractivity contribution in [2.75, 3.05) is 4.90 Å². The average Bonchev–Trinajstić information content (AvgIpc) is 3.70. The molecule has 2 aliphatic rings. The maximum atomic E-state index is 2.49. The SMILES string of the molecule is CC12c3ccccc3-c3cccc(c31)N(c1ccc(-c3cccc4c3c3ccccc3n4-c3ccccc3)cc1)c1ccc(-c3ccccc3)cc12. The highest BCUT2D eigenvalue weighted by Crippen LogP contribution is 2.62. The normalized spacial score (nSPS) is 15.4. The van der Waals surface area contributed by atoms with Gasteiger partial charge >= 0.3 is 0 Å². The molecule has 0 N–H and O–H groups in total. The van der Waals surface area contributed by atoms with Crippen molar-refractivity contribution in [1.82, 2.24) is 4.57 Å². The minimum Gasteiger partial charge on any atom is -0.310 e. The Morgan fingerprint density at radius 2 is 1.06 bits per heavy atom. The van der Waals surface area contributed by atoms with E-state index in [0.29, 0.717) is 0 Å². The van der Waals surface area contributed by atoms with E-state index in [9.17, 15) is 0 Å². The minimum absolute atomic E-state index is 0.276. The van der Waals surface area contributed by atoms with Crippen LogP contribution in [0, 0.1) is 0 Å². The number of aromatic nitrogens is 1. The van der Waals surface area contributed by atoms with Gasteiger partial charge in [-0.25, -0.2) is 0 Å². The van der Waals surface area contributed by atoms with E-state index in [1.165, 1.54) is 88.9 Å². The van der Waals surface area contributed by atoms with Crippen molar-refractivity contribution in [3.05, 3.63) is 205 Å². The van der Waals surface area contributed by atoms with Gasteiger partial charge in [-0.15, -0.1) is 0 Å². The van der Waals surface area contributed by atoms with Crippen LogP contribution in [0.5, 0.6) is 0 Å². The zero-order valence-corrected chi connectivity index (χ0v) is 28.8. The third-order valence-electron chi connectivity index (χ3n) is 11.6. The molecule has 0 bridgehead atoms. The molecule has 1 aromatic heterocycles. The van der Waals surface area contributed by atoms with Crippen LogP contribution in [0.3, 0.4) is 0 Å². The van der Waals surface area contributed by atoms with Gasteiger partial charge in [-0.05, 0) is 112 Å². The van der Waals surface area contributed by atoms with Crippen LogP contribution in [0.15, 0.2) is 188 Å². The molecule has 2 nitrogen and oxygen atoms in total. The van der Waals surface area contributed by atoms with Gasteiger partial charge in [-0.2, -0.15) is 0 Å². The van der Waals surface area contributed by atoms with Crippen LogP contribution in [0.25, 0.3) is 60.9 Å². The second-order valence-corrected chi connectivity index (χ2v) is 14.2. The molecule has 0 saturated heterocycles. The van der Waals surface area contributed by atoms with Crippen molar-refractivity contribution in [2.45, 2.75) is 12.3 Å². The Labute approximate surface area is 303 Å². The van der Waals surface area contributed by atoms with Gasteiger partial charge < -0.3 is 9.47 Å². The van der Waals surface area contributed by atoms with Crippen LogP contribution in [-0.4, -0.2) is 4.57 Å². The van der Waals surface area contributed by atoms with E-state index in [2.05, 4.69) is 204 Å². The smallest absolute Gasteiger partial charge is 0.0547 e. The number of benzene rings is 8. The summed E-state index contributed by atoms with van der Waals surface area (Å²) in [5, 5.41) is 2.54. The summed E-state index contributed by atoms with van der Waals surface area (Å²) in [5.41, 5.74) is 18.6. The largest absolute Gasteiger partial charge is 0.310 e. The fourth-order valence-electron chi connectivity index (χ4n) is 9.30. The topological polar surface area (TPSA) is 8.17 Å². The summed E-state index contributed by atoms with van der Waals surface area (Å²) in [6, 6.07) is 69.1. The summed E-state index contributed by atoms with van der Waals surface area (Å²) < 4.78 is 2.39. The van der Waals surface area contributed by atoms with E-state index < -0.39 is 0 Å². The maximum Gasteiger partial charge on any atom is 0.0547 e. The molecule has 0 spiro atoms. The molecule has 11 rings (SSSR count). The molecule has 0 amide bonds. The molecule has 2 heteroatoms. The summed E-state index contributed by atoms with van der Waals surface area (Å²) in [7, 11) is 0. The maximum absolute atomic E-state index is 2.49. The Hall–Kier alpha value is -6.64. The zero-order chi connectivity index (χ0) is 34.4. The van der Waals surface area contributed by atoms with Crippen LogP contribution in [0.1, 0.15) is 23.6 Å². The third-order valence-corrected chi connectivity index (χ3v) is 11.6. The Morgan fingerprint density at radius 1 is 0.404 bits per heavy atom. The fraction of sp³-hybridized carbons (Fsp3) is 0.0400. The van der Waals surface area contributed by atoms with Crippen LogP contribution in [0.2, 0.25) is 0 Å². The van der Waals surface area contributed by atoms with E-state index in [4.69, 9.17) is 0 Å². The Morgan fingerprint density at radius 3 is 1.90 bits per heavy atom. The quantitative estimate of drug-likeness (QED) is 0.182. The second kappa shape index (κ2) is 10.9. The lowest BCUT2D eigenvalue weighted by molar-refractivity contribution is 0.702. The minimum atomic E-state index is -0.276. The van der Waals surface area contributed by atoms with Gasteiger partial charge in [-0.3, -0.25) is 0 Å². The molecule has 0 radical (unpaired) electrons. The van der Waals surface area contributed by atoms with Gasteiger partial charge in [0.05, 0.1) is 22.4 Å². The summed E-state index contributed by atoms with van der Waals surface area (Å²) in [4.78, 5) is 2.49. The summed E-state index contributed by atoms with van der Waals surface area (Å²) in [6.07, 6.45) is 0. The molecule has 1 aliphatic carbocycles. The molecule has 9 aromatic rings. The predicted molar refractivity (Wildman–Crippen MR) is 217 cm³/mol. The van der Waals surface area contributed by atoms with E-state index >= 15 is 0 Å². The first-order chi connectivity index (χ1) is 25.7. The summed E-state index contributed by atoms with van der Waals surface area (Å²) in [6.45, 7) is 2.43. The number of fused-ring (bicyclic) bond motifs is 8. The number of hydrogen-bond acceptors (Lipinski definition) is 1. The van der Waals surface area contributed by atoms with Crippen LogP contribution < -0.4 is 4.90 Å². The molecule has 8 aromatic carbocycles. The van der Waals surface area contributed by atoms with Crippen molar-refractivity contribution >= 4 is 38.9 Å². The Kier molecular flexibility index (Phi) is 6.12. The lowest BCUT2D eigenvalue weighted by atomic mass is 9.70. The number of para-hydroxylation sites is 2. The summed E-state index contributed by atoms with van der Waals surface area (Å²) in [5.74, 6) is 0. The van der Waals surface area contributed by atoms with E-state index in [0.717, 1.165) is 5.69 Å². The van der Waals surface area contributed by atoms with Crippen molar-refractivity contribution in [2.24, 2.45) is 0 Å². The number of anilines is 3. The molecule has 1 unspecified atom stereocenters. The van der Waals surface area contributed by atoms with E-state index in [-0.39, 0.29) is 5.41 Å². The first-order valence-electron chi connectivity index (χ1n) is 18.1. The van der Waals surface area contributed by atoms with Gasteiger partial charge in [0, 0.05) is 27.6 Å². The van der Waals surface area contributed by atoms with Crippen molar-refractivity contribution in [3.8, 4) is 39.1 Å². The monoisotopic (exact) mass is 662 g/mol. The Bertz CT molecular complexity index is 2850. The predicted octanol–water partition coefficient (Wildman–Crippen LogP) is 13.2. The van der Waals surface area contributed by atoms with Crippen molar-refractivity contribution in [3.63, 3.8) is 0 Å². The number of rotatable bonds is 4. The van der Waals surface area contributed by atoms with Crippen LogP contribution >= 0.6 is 0 Å². The van der Waals surface area contributed by atoms with Gasteiger partial charge in [0.25, 0.3) is 0 Å². The highest BCUT2D eigenvalue weighted by Gasteiger charge is 2.48. The lowest BCUT2D eigenvalue weighted by Crippen LogP contribution is -2.32. The highest BCUT2D eigenvalue weighted by atomic mass is 15.2. The number of nitrogens with zero attached hydrogens (tertiary/aromatic N) is 2. The molecule has 2 heterocycles. The highest BCUT2D eigenvalue weighted by molar-refractivity contribution is 6.15. The zero-order valence-electron chi connectivity index (χ0n) is 28.8. The Balaban J connectivity index is 1.10. The molecule has 0 fully saturated rings. The van der Waals surface area contributed by atoms with Crippen LogP contribution in [-0.2, 0) is 5.41 Å². The van der Waals surface area contributed by atoms with Crippen LogP contribution in [0.4, 0.5) is 17.1 Å². The fourth-order valence-corrected chi connectivity index (χ4v) is 9.30.